The van der Waals surface area contributed by atoms with Gasteiger partial charge in [-0.3, -0.25) is 0 Å². The first-order valence-corrected chi connectivity index (χ1v) is 3.62. The van der Waals surface area contributed by atoms with Crippen LogP contribution in [0.15, 0.2) is 10.6 Å². The van der Waals surface area contributed by atoms with E-state index in [0.717, 1.165) is 5.76 Å². The van der Waals surface area contributed by atoms with Gasteiger partial charge in [0.1, 0.15) is 5.76 Å². The summed E-state index contributed by atoms with van der Waals surface area (Å²) in [5, 5.41) is 11.8. The van der Waals surface area contributed by atoms with Crippen LogP contribution in [0.2, 0.25) is 0 Å². The molecule has 0 saturated carbocycles. The van der Waals surface area contributed by atoms with E-state index in [1.165, 1.54) is 0 Å². The molecular weight excluding hydrogens is 140 g/mol. The Kier molecular flexibility index (Phi) is 4.83. The molecule has 0 aliphatic carbocycles. The summed E-state index contributed by atoms with van der Waals surface area (Å²) in [6.07, 6.45) is 0.331. The smallest absolute Gasteiger partial charge is 0.133 e. The fourth-order valence-electron chi connectivity index (χ4n) is 0.582. The van der Waals surface area contributed by atoms with Gasteiger partial charge in [0.2, 0.25) is 0 Å². The molecule has 3 nitrogen and oxygen atoms in total. The third kappa shape index (κ3) is 3.41. The lowest BCUT2D eigenvalue weighted by atomic mass is 10.3. The van der Waals surface area contributed by atoms with Gasteiger partial charge >= 0.3 is 0 Å². The average molecular weight is 152 g/mol. The number of hydrogen-bond acceptors (Lipinski definition) is 3. The zero-order valence-electron chi connectivity index (χ0n) is 7.09. The van der Waals surface area contributed by atoms with Gasteiger partial charge in [-0.25, -0.2) is 0 Å². The summed E-state index contributed by atoms with van der Waals surface area (Å²) in [6.45, 7) is 5.80. The van der Waals surface area contributed by atoms with E-state index in [1.807, 2.05) is 19.9 Å². The molecule has 0 radical (unpaired) electrons. The highest BCUT2D eigenvalue weighted by Crippen LogP contribution is 2.00. The van der Waals surface area contributed by atoms with Crippen LogP contribution in [-0.2, 0) is 6.42 Å². The zero-order chi connectivity index (χ0) is 8.69. The van der Waals surface area contributed by atoms with Gasteiger partial charge in [0, 0.05) is 6.07 Å². The van der Waals surface area contributed by atoms with Crippen LogP contribution in [0.25, 0.3) is 0 Å². The van der Waals surface area contributed by atoms with Crippen molar-refractivity contribution in [3.05, 3.63) is 17.5 Å². The molecule has 1 rings (SSSR count). The van der Waals surface area contributed by atoms with Gasteiger partial charge in [0.15, 0.2) is 0 Å². The SMILES string of the molecule is CC.Cc1cc(CC#N)no1. The van der Waals surface area contributed by atoms with Gasteiger partial charge in [-0.05, 0) is 6.92 Å². The van der Waals surface area contributed by atoms with E-state index >= 15 is 0 Å². The molecule has 0 aromatic carbocycles. The number of rotatable bonds is 1. The first-order valence-electron chi connectivity index (χ1n) is 3.62. The average Bonchev–Trinajstić information content (AvgIpc) is 2.41. The van der Waals surface area contributed by atoms with E-state index in [-0.39, 0.29) is 0 Å². The lowest BCUT2D eigenvalue weighted by Gasteiger charge is -1.72. The van der Waals surface area contributed by atoms with Gasteiger partial charge in [-0.15, -0.1) is 0 Å². The summed E-state index contributed by atoms with van der Waals surface area (Å²) >= 11 is 0. The number of nitriles is 1. The van der Waals surface area contributed by atoms with Crippen LogP contribution in [0.5, 0.6) is 0 Å². The van der Waals surface area contributed by atoms with E-state index in [4.69, 9.17) is 9.78 Å². The van der Waals surface area contributed by atoms with E-state index in [2.05, 4.69) is 5.16 Å². The number of aryl methyl sites for hydroxylation is 1. The van der Waals surface area contributed by atoms with Crippen LogP contribution in [-0.4, -0.2) is 5.16 Å². The van der Waals surface area contributed by atoms with Crippen LogP contribution in [0.3, 0.4) is 0 Å². The van der Waals surface area contributed by atoms with E-state index in [0.29, 0.717) is 12.1 Å². The minimum atomic E-state index is 0.331. The van der Waals surface area contributed by atoms with Crippen molar-refractivity contribution < 1.29 is 4.52 Å². The van der Waals surface area contributed by atoms with Gasteiger partial charge in [-0.2, -0.15) is 5.26 Å². The quantitative estimate of drug-likeness (QED) is 0.619. The monoisotopic (exact) mass is 152 g/mol. The molecule has 1 heterocycles. The van der Waals surface area contributed by atoms with Crippen LogP contribution in [0.4, 0.5) is 0 Å². The number of aromatic nitrogens is 1. The highest BCUT2D eigenvalue weighted by Gasteiger charge is 1.96. The maximum absolute atomic E-state index is 8.20. The summed E-state index contributed by atoms with van der Waals surface area (Å²) in [4.78, 5) is 0. The van der Waals surface area contributed by atoms with Crippen LogP contribution in [0, 0.1) is 18.3 Å². The Labute approximate surface area is 66.6 Å². The van der Waals surface area contributed by atoms with Crippen molar-refractivity contribution >= 4 is 0 Å². The van der Waals surface area contributed by atoms with Crippen molar-refractivity contribution in [1.29, 1.82) is 5.26 Å². The van der Waals surface area contributed by atoms with Crippen molar-refractivity contribution in [2.24, 2.45) is 0 Å². The van der Waals surface area contributed by atoms with Crippen LogP contribution >= 0.6 is 0 Å². The molecular formula is C8H12N2O. The minimum Gasteiger partial charge on any atom is -0.361 e. The highest BCUT2D eigenvalue weighted by molar-refractivity contribution is 5.07. The molecule has 0 saturated heterocycles. The summed E-state index contributed by atoms with van der Waals surface area (Å²) in [5.41, 5.74) is 0.704. The van der Waals surface area contributed by atoms with Crippen LogP contribution in [0.1, 0.15) is 25.3 Å². The summed E-state index contributed by atoms with van der Waals surface area (Å²) in [5.74, 6) is 0.750. The van der Waals surface area contributed by atoms with Crippen LogP contribution < -0.4 is 0 Å². The lowest BCUT2D eigenvalue weighted by molar-refractivity contribution is 0.392. The van der Waals surface area contributed by atoms with Gasteiger partial charge < -0.3 is 4.52 Å². The fraction of sp³-hybridized carbons (Fsp3) is 0.500. The van der Waals surface area contributed by atoms with Gasteiger partial charge in [0.25, 0.3) is 0 Å². The summed E-state index contributed by atoms with van der Waals surface area (Å²) in [6, 6.07) is 3.73. The Hall–Kier alpha value is -1.30. The standard InChI is InChI=1S/C6H6N2O.C2H6/c1-5-4-6(2-3-7)8-9-5;1-2/h4H,2H2,1H3;1-2H3. The first kappa shape index (κ1) is 9.70. The van der Waals surface area contributed by atoms with E-state index < -0.39 is 0 Å². The second kappa shape index (κ2) is 5.48. The number of nitrogens with zero attached hydrogens (tertiary/aromatic N) is 2. The second-order valence-corrected chi connectivity index (χ2v) is 1.76. The third-order valence-electron chi connectivity index (χ3n) is 0.937. The zero-order valence-corrected chi connectivity index (χ0v) is 7.09. The number of hydrogen-bond donors (Lipinski definition) is 0. The predicted molar refractivity (Wildman–Crippen MR) is 41.9 cm³/mol. The second-order valence-electron chi connectivity index (χ2n) is 1.76. The van der Waals surface area contributed by atoms with Crippen molar-refractivity contribution in [1.82, 2.24) is 5.16 Å². The minimum absolute atomic E-state index is 0.331. The fourth-order valence-corrected chi connectivity index (χ4v) is 0.582. The molecule has 60 valence electrons. The molecule has 0 aliphatic heterocycles. The molecule has 0 aliphatic rings. The molecule has 0 amide bonds. The molecule has 0 spiro atoms. The Balaban J connectivity index is 0.000000461. The highest BCUT2D eigenvalue weighted by atomic mass is 16.5. The van der Waals surface area contributed by atoms with Crippen molar-refractivity contribution in [3.63, 3.8) is 0 Å². The molecule has 0 unspecified atom stereocenters. The normalized spacial score (nSPS) is 7.82. The Morgan fingerprint density at radius 1 is 1.64 bits per heavy atom. The lowest BCUT2D eigenvalue weighted by Crippen LogP contribution is -1.76. The van der Waals surface area contributed by atoms with Gasteiger partial charge in [0.05, 0.1) is 18.2 Å². The largest absolute Gasteiger partial charge is 0.361 e. The first-order chi connectivity index (χ1) is 5.33. The topological polar surface area (TPSA) is 49.8 Å². The van der Waals surface area contributed by atoms with E-state index in [9.17, 15) is 0 Å². The molecule has 1 aromatic rings. The summed E-state index contributed by atoms with van der Waals surface area (Å²) < 4.78 is 4.72. The summed E-state index contributed by atoms with van der Waals surface area (Å²) in [7, 11) is 0. The maximum Gasteiger partial charge on any atom is 0.133 e. The molecule has 0 N–H and O–H groups in total. The van der Waals surface area contributed by atoms with Crippen molar-refractivity contribution in [3.8, 4) is 6.07 Å². The molecule has 11 heavy (non-hydrogen) atoms. The van der Waals surface area contributed by atoms with Crippen molar-refractivity contribution in [2.45, 2.75) is 27.2 Å². The maximum atomic E-state index is 8.20. The molecule has 0 atom stereocenters. The molecule has 0 bridgehead atoms. The third-order valence-corrected chi connectivity index (χ3v) is 0.937. The Bertz CT molecular complexity index is 234. The van der Waals surface area contributed by atoms with Gasteiger partial charge in [-0.1, -0.05) is 19.0 Å². The molecule has 0 fully saturated rings. The van der Waals surface area contributed by atoms with Crippen molar-refractivity contribution in [2.75, 3.05) is 0 Å². The Morgan fingerprint density at radius 2 is 2.27 bits per heavy atom. The predicted octanol–water partition coefficient (Wildman–Crippen LogP) is 2.08. The van der Waals surface area contributed by atoms with E-state index in [1.54, 1.807) is 13.0 Å². The molecule has 1 aromatic heterocycles. The molecule has 3 heteroatoms. The Morgan fingerprint density at radius 3 is 2.64 bits per heavy atom.